The summed E-state index contributed by atoms with van der Waals surface area (Å²) < 4.78 is 40.2. The molecule has 166 valence electrons. The van der Waals surface area contributed by atoms with Crippen molar-refractivity contribution in [3.05, 3.63) is 42.2 Å². The third-order valence-electron chi connectivity index (χ3n) is 5.26. The van der Waals surface area contributed by atoms with Crippen LogP contribution in [0, 0.1) is 0 Å². The number of rotatable bonds is 6. The summed E-state index contributed by atoms with van der Waals surface area (Å²) in [6, 6.07) is 7.91. The van der Waals surface area contributed by atoms with Gasteiger partial charge in [0.15, 0.2) is 12.3 Å². The van der Waals surface area contributed by atoms with E-state index in [1.165, 1.54) is 10.9 Å². The van der Waals surface area contributed by atoms with Gasteiger partial charge >= 0.3 is 0 Å². The number of amides is 2. The van der Waals surface area contributed by atoms with E-state index in [1.807, 2.05) is 6.07 Å². The third-order valence-corrected chi connectivity index (χ3v) is 5.26. The molecule has 0 spiro atoms. The SMILES string of the molecule is O=C(c1cn(C[C@@H]2CC(F)(F)CN2C(=O)COc2ccccc2)nn1)N1CCOCC1. The van der Waals surface area contributed by atoms with Crippen molar-refractivity contribution in [2.75, 3.05) is 39.5 Å². The van der Waals surface area contributed by atoms with Crippen LogP contribution in [-0.2, 0) is 16.1 Å². The highest BCUT2D eigenvalue weighted by Crippen LogP contribution is 2.33. The minimum Gasteiger partial charge on any atom is -0.484 e. The van der Waals surface area contributed by atoms with Crippen LogP contribution in [0.4, 0.5) is 8.78 Å². The van der Waals surface area contributed by atoms with Gasteiger partial charge in [-0.1, -0.05) is 23.4 Å². The number of carbonyl (C=O) groups is 2. The van der Waals surface area contributed by atoms with Gasteiger partial charge in [-0.05, 0) is 12.1 Å². The maximum atomic E-state index is 14.1. The fourth-order valence-corrected chi connectivity index (χ4v) is 3.73. The van der Waals surface area contributed by atoms with Crippen molar-refractivity contribution in [2.45, 2.75) is 24.9 Å². The van der Waals surface area contributed by atoms with Crippen LogP contribution < -0.4 is 4.74 Å². The number of morpholine rings is 1. The summed E-state index contributed by atoms with van der Waals surface area (Å²) in [6.45, 7) is 0.834. The van der Waals surface area contributed by atoms with Crippen molar-refractivity contribution in [2.24, 2.45) is 0 Å². The average Bonchev–Trinajstić information content (AvgIpc) is 3.36. The molecule has 2 aliphatic rings. The number of para-hydroxylation sites is 1. The Bertz CT molecular complexity index is 917. The molecule has 0 aliphatic carbocycles. The van der Waals surface area contributed by atoms with Gasteiger partial charge in [0.1, 0.15) is 5.75 Å². The first-order valence-electron chi connectivity index (χ1n) is 10.0. The molecule has 0 radical (unpaired) electrons. The Labute approximate surface area is 177 Å². The van der Waals surface area contributed by atoms with Gasteiger partial charge in [0, 0.05) is 19.5 Å². The van der Waals surface area contributed by atoms with E-state index in [2.05, 4.69) is 10.3 Å². The molecule has 0 bridgehead atoms. The number of benzene rings is 1. The van der Waals surface area contributed by atoms with E-state index in [4.69, 9.17) is 9.47 Å². The van der Waals surface area contributed by atoms with E-state index in [0.29, 0.717) is 32.1 Å². The number of aromatic nitrogens is 3. The number of ether oxygens (including phenoxy) is 2. The molecular formula is C20H23F2N5O4. The lowest BCUT2D eigenvalue weighted by Gasteiger charge is -2.25. The van der Waals surface area contributed by atoms with Crippen LogP contribution in [0.5, 0.6) is 5.75 Å². The van der Waals surface area contributed by atoms with Gasteiger partial charge in [0.25, 0.3) is 17.7 Å². The number of halogens is 2. The highest BCUT2D eigenvalue weighted by Gasteiger charge is 2.47. The van der Waals surface area contributed by atoms with Crippen molar-refractivity contribution in [1.82, 2.24) is 24.8 Å². The number of nitrogens with zero attached hydrogens (tertiary/aromatic N) is 5. The topological polar surface area (TPSA) is 89.8 Å². The molecule has 2 amide bonds. The highest BCUT2D eigenvalue weighted by molar-refractivity contribution is 5.92. The molecule has 2 fully saturated rings. The zero-order valence-corrected chi connectivity index (χ0v) is 16.8. The highest BCUT2D eigenvalue weighted by atomic mass is 19.3. The predicted octanol–water partition coefficient (Wildman–Crippen LogP) is 1.07. The van der Waals surface area contributed by atoms with E-state index >= 15 is 0 Å². The van der Waals surface area contributed by atoms with Crippen molar-refractivity contribution < 1.29 is 27.8 Å². The molecule has 0 N–H and O–H groups in total. The molecule has 1 aromatic carbocycles. The van der Waals surface area contributed by atoms with Gasteiger partial charge in [-0.25, -0.2) is 13.5 Å². The van der Waals surface area contributed by atoms with E-state index in [9.17, 15) is 18.4 Å². The lowest BCUT2D eigenvalue weighted by atomic mass is 10.2. The average molecular weight is 435 g/mol. The molecule has 1 aromatic heterocycles. The van der Waals surface area contributed by atoms with Crippen molar-refractivity contribution in [3.8, 4) is 5.75 Å². The third kappa shape index (κ3) is 5.16. The number of alkyl halides is 2. The summed E-state index contributed by atoms with van der Waals surface area (Å²) in [5, 5.41) is 7.79. The van der Waals surface area contributed by atoms with Crippen LogP contribution in [0.3, 0.4) is 0 Å². The summed E-state index contributed by atoms with van der Waals surface area (Å²) in [6.07, 6.45) is 0.939. The van der Waals surface area contributed by atoms with Crippen LogP contribution in [0.1, 0.15) is 16.9 Å². The molecule has 2 aliphatic heterocycles. The van der Waals surface area contributed by atoms with Crippen LogP contribution >= 0.6 is 0 Å². The molecule has 4 rings (SSSR count). The molecular weight excluding hydrogens is 412 g/mol. The Morgan fingerprint density at radius 2 is 1.94 bits per heavy atom. The summed E-state index contributed by atoms with van der Waals surface area (Å²) in [7, 11) is 0. The van der Waals surface area contributed by atoms with Crippen LogP contribution in [0.15, 0.2) is 36.5 Å². The maximum Gasteiger partial charge on any atom is 0.276 e. The van der Waals surface area contributed by atoms with E-state index in [0.717, 1.165) is 4.90 Å². The van der Waals surface area contributed by atoms with Crippen LogP contribution in [-0.4, -0.2) is 88.0 Å². The molecule has 9 nitrogen and oxygen atoms in total. The maximum absolute atomic E-state index is 14.1. The lowest BCUT2D eigenvalue weighted by molar-refractivity contribution is -0.135. The molecule has 0 saturated carbocycles. The largest absolute Gasteiger partial charge is 0.484 e. The van der Waals surface area contributed by atoms with E-state index < -0.39 is 30.8 Å². The summed E-state index contributed by atoms with van der Waals surface area (Å²) in [5.74, 6) is -3.33. The zero-order valence-electron chi connectivity index (χ0n) is 16.8. The van der Waals surface area contributed by atoms with E-state index in [-0.39, 0.29) is 24.8 Å². The molecule has 2 saturated heterocycles. The Hall–Kier alpha value is -3.08. The zero-order chi connectivity index (χ0) is 21.8. The molecule has 3 heterocycles. The monoisotopic (exact) mass is 435 g/mol. The first-order valence-corrected chi connectivity index (χ1v) is 10.0. The van der Waals surface area contributed by atoms with Gasteiger partial charge in [-0.2, -0.15) is 0 Å². The predicted molar refractivity (Wildman–Crippen MR) is 104 cm³/mol. The van der Waals surface area contributed by atoms with Gasteiger partial charge in [0.2, 0.25) is 0 Å². The fourth-order valence-electron chi connectivity index (χ4n) is 3.73. The first kappa shape index (κ1) is 21.2. The smallest absolute Gasteiger partial charge is 0.276 e. The van der Waals surface area contributed by atoms with Gasteiger partial charge < -0.3 is 19.3 Å². The molecule has 31 heavy (non-hydrogen) atoms. The quantitative estimate of drug-likeness (QED) is 0.674. The van der Waals surface area contributed by atoms with Crippen molar-refractivity contribution in [1.29, 1.82) is 0 Å². The summed E-state index contributed by atoms with van der Waals surface area (Å²) in [5.41, 5.74) is 0.136. The van der Waals surface area contributed by atoms with Crippen molar-refractivity contribution >= 4 is 11.8 Å². The first-order chi connectivity index (χ1) is 14.9. The second-order valence-electron chi connectivity index (χ2n) is 7.57. The minimum absolute atomic E-state index is 0.00998. The van der Waals surface area contributed by atoms with Gasteiger partial charge in [-0.3, -0.25) is 9.59 Å². The molecule has 1 atom stereocenters. The Balaban J connectivity index is 1.39. The standard InChI is InChI=1S/C20H23F2N5O4/c21-20(22)10-15(27(14-20)18(28)13-31-16-4-2-1-3-5-16)11-26-12-17(23-24-26)19(29)25-6-8-30-9-7-25/h1-5,12,15H,6-11,13-14H2/t15-/m0/s1. The number of carbonyl (C=O) groups excluding carboxylic acids is 2. The van der Waals surface area contributed by atoms with E-state index in [1.54, 1.807) is 29.2 Å². The number of hydrogen-bond acceptors (Lipinski definition) is 6. The van der Waals surface area contributed by atoms with Crippen molar-refractivity contribution in [3.63, 3.8) is 0 Å². The fraction of sp³-hybridized carbons (Fsp3) is 0.500. The molecule has 2 aromatic rings. The molecule has 0 unspecified atom stereocenters. The normalized spacial score (nSPS) is 20.6. The Kier molecular flexibility index (Phi) is 6.12. The molecule has 11 heteroatoms. The summed E-state index contributed by atoms with van der Waals surface area (Å²) in [4.78, 5) is 27.8. The van der Waals surface area contributed by atoms with Gasteiger partial charge in [0.05, 0.1) is 38.5 Å². The number of hydrogen-bond donors (Lipinski definition) is 0. The van der Waals surface area contributed by atoms with Crippen LogP contribution in [0.2, 0.25) is 0 Å². The summed E-state index contributed by atoms with van der Waals surface area (Å²) >= 11 is 0. The van der Waals surface area contributed by atoms with Gasteiger partial charge in [-0.15, -0.1) is 5.10 Å². The Morgan fingerprint density at radius 3 is 2.68 bits per heavy atom. The second-order valence-corrected chi connectivity index (χ2v) is 7.57. The Morgan fingerprint density at radius 1 is 1.19 bits per heavy atom. The second kappa shape index (κ2) is 8.96. The number of likely N-dealkylation sites (tertiary alicyclic amines) is 1. The minimum atomic E-state index is -3.00. The van der Waals surface area contributed by atoms with Crippen LogP contribution in [0.25, 0.3) is 0 Å². The lowest BCUT2D eigenvalue weighted by Crippen LogP contribution is -2.41.